The standard InChI is InChI=1S/C34H41NO3.ClH/c1-36-31-21-26-15-18-33(23-28(26)22-32(31)37-2)16-8-9-19-35(33)20-10-17-34(29-12-4-3-5-13-29)25-38-24-27-11-6-7-14-30(27)34;/h3-7,11-14,21-22H,8-10,15-20,23-25H2,1-2H3;1H. The third kappa shape index (κ3) is 5.19. The Bertz CT molecular complexity index is 1260. The highest BCUT2D eigenvalue weighted by molar-refractivity contribution is 5.85. The lowest BCUT2D eigenvalue weighted by Gasteiger charge is -2.50. The first-order valence-corrected chi connectivity index (χ1v) is 14.4. The Hall–Kier alpha value is -2.53. The van der Waals surface area contributed by atoms with Crippen LogP contribution < -0.4 is 9.47 Å². The van der Waals surface area contributed by atoms with E-state index in [9.17, 15) is 0 Å². The lowest BCUT2D eigenvalue weighted by molar-refractivity contribution is 0.0261. The molecule has 0 saturated carbocycles. The molecule has 0 aromatic heterocycles. The summed E-state index contributed by atoms with van der Waals surface area (Å²) in [5, 5.41) is 0. The first-order chi connectivity index (χ1) is 18.7. The highest BCUT2D eigenvalue weighted by atomic mass is 35.5. The van der Waals surface area contributed by atoms with E-state index >= 15 is 0 Å². The van der Waals surface area contributed by atoms with Gasteiger partial charge in [0.25, 0.3) is 0 Å². The van der Waals surface area contributed by atoms with Crippen molar-refractivity contribution in [1.29, 1.82) is 0 Å². The summed E-state index contributed by atoms with van der Waals surface area (Å²) in [6.07, 6.45) is 9.63. The van der Waals surface area contributed by atoms with Gasteiger partial charge in [-0.1, -0.05) is 61.0 Å². The summed E-state index contributed by atoms with van der Waals surface area (Å²) in [5.74, 6) is 1.70. The number of rotatable bonds is 7. The molecule has 1 fully saturated rings. The van der Waals surface area contributed by atoms with Crippen molar-refractivity contribution in [3.63, 3.8) is 0 Å². The average molecular weight is 548 g/mol. The molecule has 1 spiro atoms. The molecule has 4 nitrogen and oxygen atoms in total. The van der Waals surface area contributed by atoms with Crippen molar-refractivity contribution in [2.75, 3.05) is 33.9 Å². The SMILES string of the molecule is COc1cc2c(cc1OC)CC1(CCCCN1CCCC1(c3ccccc3)COCc3ccccc31)CC2.Cl. The van der Waals surface area contributed by atoms with Crippen molar-refractivity contribution in [3.05, 3.63) is 94.5 Å². The Morgan fingerprint density at radius 2 is 1.59 bits per heavy atom. The Kier molecular flexibility index (Phi) is 8.56. The molecule has 2 aliphatic heterocycles. The minimum Gasteiger partial charge on any atom is -0.493 e. The Labute approximate surface area is 240 Å². The molecule has 2 atom stereocenters. The monoisotopic (exact) mass is 547 g/mol. The first-order valence-electron chi connectivity index (χ1n) is 14.4. The van der Waals surface area contributed by atoms with E-state index in [1.165, 1.54) is 60.0 Å². The summed E-state index contributed by atoms with van der Waals surface area (Å²) in [5.41, 5.74) is 7.22. The highest BCUT2D eigenvalue weighted by Gasteiger charge is 2.43. The van der Waals surface area contributed by atoms with Gasteiger partial charge < -0.3 is 14.2 Å². The Balaban J connectivity index is 0.00000308. The molecule has 0 bridgehead atoms. The summed E-state index contributed by atoms with van der Waals surface area (Å²) < 4.78 is 17.5. The zero-order valence-corrected chi connectivity index (χ0v) is 24.2. The quantitative estimate of drug-likeness (QED) is 0.315. The minimum atomic E-state index is -0.0812. The van der Waals surface area contributed by atoms with Gasteiger partial charge in [-0.3, -0.25) is 4.90 Å². The summed E-state index contributed by atoms with van der Waals surface area (Å²) >= 11 is 0. The van der Waals surface area contributed by atoms with Gasteiger partial charge in [-0.05, 0) is 98.0 Å². The molecule has 3 aromatic rings. The second-order valence-corrected chi connectivity index (χ2v) is 11.5. The zero-order chi connectivity index (χ0) is 26.0. The van der Waals surface area contributed by atoms with E-state index in [0.29, 0.717) is 6.61 Å². The van der Waals surface area contributed by atoms with Crippen molar-refractivity contribution in [2.24, 2.45) is 0 Å². The van der Waals surface area contributed by atoms with E-state index in [0.717, 1.165) is 50.3 Å². The predicted molar refractivity (Wildman–Crippen MR) is 160 cm³/mol. The van der Waals surface area contributed by atoms with Crippen LogP contribution in [0.1, 0.15) is 66.3 Å². The summed E-state index contributed by atoms with van der Waals surface area (Å²) in [6, 6.07) is 24.4. The Morgan fingerprint density at radius 3 is 2.38 bits per heavy atom. The number of hydrogen-bond acceptors (Lipinski definition) is 4. The number of benzene rings is 3. The van der Waals surface area contributed by atoms with E-state index in [-0.39, 0.29) is 23.4 Å². The maximum absolute atomic E-state index is 6.26. The second-order valence-electron chi connectivity index (χ2n) is 11.5. The number of hydrogen-bond donors (Lipinski definition) is 0. The number of piperidine rings is 1. The second kappa shape index (κ2) is 11.9. The van der Waals surface area contributed by atoms with Crippen LogP contribution in [0.25, 0.3) is 0 Å². The number of nitrogens with zero attached hydrogens (tertiary/aromatic N) is 1. The van der Waals surface area contributed by atoms with E-state index < -0.39 is 0 Å². The van der Waals surface area contributed by atoms with Crippen molar-refractivity contribution < 1.29 is 14.2 Å². The molecule has 0 N–H and O–H groups in total. The van der Waals surface area contributed by atoms with Crippen LogP contribution >= 0.6 is 12.4 Å². The number of methoxy groups -OCH3 is 2. The first kappa shape index (κ1) is 28.0. The minimum absolute atomic E-state index is 0. The molecule has 6 rings (SSSR count). The van der Waals surface area contributed by atoms with Crippen LogP contribution in [0.2, 0.25) is 0 Å². The van der Waals surface area contributed by atoms with Crippen LogP contribution in [0, 0.1) is 0 Å². The van der Waals surface area contributed by atoms with E-state index in [2.05, 4.69) is 71.6 Å². The molecule has 3 aromatic carbocycles. The fourth-order valence-electron chi connectivity index (χ4n) is 7.60. The van der Waals surface area contributed by atoms with Crippen LogP contribution in [-0.4, -0.2) is 44.4 Å². The summed E-state index contributed by atoms with van der Waals surface area (Å²) in [6.45, 7) is 3.81. The third-order valence-electron chi connectivity index (χ3n) is 9.57. The van der Waals surface area contributed by atoms with E-state index in [1.54, 1.807) is 14.2 Å². The van der Waals surface area contributed by atoms with Crippen molar-refractivity contribution in [1.82, 2.24) is 4.90 Å². The van der Waals surface area contributed by atoms with Crippen LogP contribution in [0.15, 0.2) is 66.7 Å². The van der Waals surface area contributed by atoms with Crippen molar-refractivity contribution >= 4 is 12.4 Å². The molecule has 5 heteroatoms. The van der Waals surface area contributed by atoms with Crippen LogP contribution in [0.5, 0.6) is 11.5 Å². The fraction of sp³-hybridized carbons (Fsp3) is 0.471. The third-order valence-corrected chi connectivity index (χ3v) is 9.57. The van der Waals surface area contributed by atoms with Gasteiger partial charge in [0.15, 0.2) is 11.5 Å². The highest BCUT2D eigenvalue weighted by Crippen LogP contribution is 2.45. The molecule has 2 heterocycles. The van der Waals surface area contributed by atoms with Gasteiger partial charge in [-0.25, -0.2) is 0 Å². The molecular weight excluding hydrogens is 506 g/mol. The van der Waals surface area contributed by atoms with Gasteiger partial charge in [0.2, 0.25) is 0 Å². The lowest BCUT2D eigenvalue weighted by atomic mass is 9.69. The molecule has 1 aliphatic carbocycles. The Morgan fingerprint density at radius 1 is 0.846 bits per heavy atom. The predicted octanol–water partition coefficient (Wildman–Crippen LogP) is 7.14. The van der Waals surface area contributed by atoms with Crippen LogP contribution in [0.3, 0.4) is 0 Å². The number of halogens is 1. The molecule has 3 aliphatic rings. The maximum Gasteiger partial charge on any atom is 0.161 e. The fourth-order valence-corrected chi connectivity index (χ4v) is 7.60. The van der Waals surface area contributed by atoms with Crippen molar-refractivity contribution in [2.45, 2.75) is 68.9 Å². The van der Waals surface area contributed by atoms with Gasteiger partial charge >= 0.3 is 0 Å². The number of aryl methyl sites for hydroxylation is 1. The van der Waals surface area contributed by atoms with Crippen molar-refractivity contribution in [3.8, 4) is 11.5 Å². The topological polar surface area (TPSA) is 30.9 Å². The molecule has 208 valence electrons. The van der Waals surface area contributed by atoms with Gasteiger partial charge in [0.1, 0.15) is 0 Å². The van der Waals surface area contributed by atoms with Crippen LogP contribution in [0.4, 0.5) is 0 Å². The largest absolute Gasteiger partial charge is 0.493 e. The van der Waals surface area contributed by atoms with Gasteiger partial charge in [0.05, 0.1) is 27.4 Å². The molecule has 39 heavy (non-hydrogen) atoms. The van der Waals surface area contributed by atoms with Gasteiger partial charge in [0, 0.05) is 11.0 Å². The number of fused-ring (bicyclic) bond motifs is 2. The van der Waals surface area contributed by atoms with Gasteiger partial charge in [-0.15, -0.1) is 12.4 Å². The summed E-state index contributed by atoms with van der Waals surface area (Å²) in [4.78, 5) is 2.85. The average Bonchev–Trinajstić information content (AvgIpc) is 2.98. The number of ether oxygens (including phenoxy) is 3. The maximum atomic E-state index is 6.26. The normalized spacial score (nSPS) is 24.4. The molecular formula is C34H42ClNO3. The lowest BCUT2D eigenvalue weighted by Crippen LogP contribution is -2.55. The molecule has 2 unspecified atom stereocenters. The van der Waals surface area contributed by atoms with Gasteiger partial charge in [-0.2, -0.15) is 0 Å². The molecule has 0 amide bonds. The molecule has 1 saturated heterocycles. The van der Waals surface area contributed by atoms with E-state index in [4.69, 9.17) is 14.2 Å². The van der Waals surface area contributed by atoms with Crippen LogP contribution in [-0.2, 0) is 29.6 Å². The molecule has 0 radical (unpaired) electrons. The smallest absolute Gasteiger partial charge is 0.161 e. The summed E-state index contributed by atoms with van der Waals surface area (Å²) in [7, 11) is 3.47. The zero-order valence-electron chi connectivity index (χ0n) is 23.4. The van der Waals surface area contributed by atoms with E-state index in [1.807, 2.05) is 0 Å². The number of likely N-dealkylation sites (tertiary alicyclic amines) is 1.